The summed E-state index contributed by atoms with van der Waals surface area (Å²) >= 11 is 0. The van der Waals surface area contributed by atoms with Crippen molar-refractivity contribution in [2.45, 2.75) is 64.4 Å². The number of anilines is 1. The van der Waals surface area contributed by atoms with Gasteiger partial charge < -0.3 is 10.2 Å². The number of nitrogens with one attached hydrogen (secondary N) is 1. The van der Waals surface area contributed by atoms with Crippen LogP contribution in [0.15, 0.2) is 83.8 Å². The van der Waals surface area contributed by atoms with E-state index in [-0.39, 0.29) is 17.3 Å². The Morgan fingerprint density at radius 2 is 1.56 bits per heavy atom. The minimum Gasteiger partial charge on any atom is -0.354 e. The van der Waals surface area contributed by atoms with Crippen molar-refractivity contribution in [2.24, 2.45) is 0 Å². The number of sulfonamides is 1. The first-order valence-electron chi connectivity index (χ1n) is 13.4. The number of hydrogen-bond acceptors (Lipinski definition) is 4. The largest absolute Gasteiger partial charge is 0.354 e. The topological polar surface area (TPSA) is 86.8 Å². The van der Waals surface area contributed by atoms with Crippen LogP contribution in [0.3, 0.4) is 0 Å². The van der Waals surface area contributed by atoms with Crippen LogP contribution in [0.25, 0.3) is 0 Å². The van der Waals surface area contributed by atoms with Crippen LogP contribution in [0.2, 0.25) is 0 Å². The molecule has 0 radical (unpaired) electrons. The van der Waals surface area contributed by atoms with E-state index in [0.29, 0.717) is 18.7 Å². The number of hydrogen-bond donors (Lipinski definition) is 1. The van der Waals surface area contributed by atoms with Gasteiger partial charge in [-0.05, 0) is 62.1 Å². The van der Waals surface area contributed by atoms with Crippen molar-refractivity contribution < 1.29 is 18.0 Å². The van der Waals surface area contributed by atoms with Crippen LogP contribution in [0.1, 0.15) is 49.8 Å². The van der Waals surface area contributed by atoms with Gasteiger partial charge in [0.25, 0.3) is 10.0 Å². The van der Waals surface area contributed by atoms with Crippen molar-refractivity contribution in [2.75, 3.05) is 17.4 Å². The zero-order valence-corrected chi connectivity index (χ0v) is 24.1. The minimum absolute atomic E-state index is 0.0914. The fourth-order valence-electron chi connectivity index (χ4n) is 4.35. The first-order valence-corrected chi connectivity index (χ1v) is 14.9. The van der Waals surface area contributed by atoms with Gasteiger partial charge in [0.15, 0.2) is 0 Å². The summed E-state index contributed by atoms with van der Waals surface area (Å²) in [5.74, 6) is -0.687. The maximum atomic E-state index is 14.0. The second-order valence-corrected chi connectivity index (χ2v) is 11.6. The summed E-state index contributed by atoms with van der Waals surface area (Å²) in [6.07, 6.45) is 2.17. The van der Waals surface area contributed by atoms with E-state index in [2.05, 4.69) is 5.32 Å². The Morgan fingerprint density at radius 1 is 0.872 bits per heavy atom. The quantitative estimate of drug-likeness (QED) is 0.296. The van der Waals surface area contributed by atoms with Crippen molar-refractivity contribution >= 4 is 27.5 Å². The lowest BCUT2D eigenvalue weighted by molar-refractivity contribution is -0.140. The molecular formula is C31H39N3O4S. The van der Waals surface area contributed by atoms with E-state index in [4.69, 9.17) is 0 Å². The first kappa shape index (κ1) is 29.9. The fraction of sp³-hybridized carbons (Fsp3) is 0.355. The molecule has 7 nitrogen and oxygen atoms in total. The van der Waals surface area contributed by atoms with E-state index < -0.39 is 28.5 Å². The van der Waals surface area contributed by atoms with Gasteiger partial charge in [0.1, 0.15) is 12.6 Å². The van der Waals surface area contributed by atoms with Crippen LogP contribution >= 0.6 is 0 Å². The summed E-state index contributed by atoms with van der Waals surface area (Å²) in [5, 5.41) is 2.95. The van der Waals surface area contributed by atoms with E-state index in [1.807, 2.05) is 58.0 Å². The Morgan fingerprint density at radius 3 is 2.18 bits per heavy atom. The summed E-state index contributed by atoms with van der Waals surface area (Å²) in [6, 6.07) is 22.2. The summed E-state index contributed by atoms with van der Waals surface area (Å²) in [5.41, 5.74) is 3.21. The predicted molar refractivity (Wildman–Crippen MR) is 156 cm³/mol. The monoisotopic (exact) mass is 549 g/mol. The molecule has 39 heavy (non-hydrogen) atoms. The van der Waals surface area contributed by atoms with Gasteiger partial charge in [-0.1, -0.05) is 80.4 Å². The molecule has 3 rings (SSSR count). The standard InChI is InChI=1S/C31H39N3O4S/c1-5-7-20-32-31(36)29(6-2)33(22-26-18-16-24(3)17-19-26)30(35)23-34(27-13-11-12-25(4)21-27)39(37,38)28-14-9-8-10-15-28/h8-19,21,29H,5-7,20,22-23H2,1-4H3,(H,32,36). The molecule has 0 bridgehead atoms. The third-order valence-corrected chi connectivity index (χ3v) is 8.38. The molecular weight excluding hydrogens is 510 g/mol. The molecule has 0 saturated heterocycles. The van der Waals surface area contributed by atoms with E-state index in [0.717, 1.165) is 33.8 Å². The maximum absolute atomic E-state index is 14.0. The highest BCUT2D eigenvalue weighted by molar-refractivity contribution is 7.92. The molecule has 8 heteroatoms. The van der Waals surface area contributed by atoms with Crippen LogP contribution in [-0.4, -0.2) is 44.3 Å². The molecule has 0 aliphatic carbocycles. The summed E-state index contributed by atoms with van der Waals surface area (Å²) in [6.45, 7) is 8.03. The Hall–Kier alpha value is -3.65. The van der Waals surface area contributed by atoms with E-state index in [1.165, 1.54) is 17.0 Å². The molecule has 1 unspecified atom stereocenters. The third kappa shape index (κ3) is 7.93. The van der Waals surface area contributed by atoms with Gasteiger partial charge in [0.2, 0.25) is 11.8 Å². The molecule has 208 valence electrons. The molecule has 0 aliphatic heterocycles. The number of aryl methyl sites for hydroxylation is 2. The molecule has 2 amide bonds. The van der Waals surface area contributed by atoms with Gasteiger partial charge in [0.05, 0.1) is 10.6 Å². The molecule has 1 atom stereocenters. The van der Waals surface area contributed by atoms with Gasteiger partial charge in [-0.25, -0.2) is 8.42 Å². The fourth-order valence-corrected chi connectivity index (χ4v) is 5.77. The second kappa shape index (κ2) is 13.9. The van der Waals surface area contributed by atoms with E-state index in [1.54, 1.807) is 36.4 Å². The molecule has 3 aromatic rings. The zero-order valence-electron chi connectivity index (χ0n) is 23.3. The maximum Gasteiger partial charge on any atom is 0.264 e. The highest BCUT2D eigenvalue weighted by Gasteiger charge is 2.33. The van der Waals surface area contributed by atoms with E-state index in [9.17, 15) is 18.0 Å². The molecule has 0 heterocycles. The molecule has 0 spiro atoms. The number of carbonyl (C=O) groups is 2. The number of benzene rings is 3. The van der Waals surface area contributed by atoms with Gasteiger partial charge in [-0.3, -0.25) is 13.9 Å². The average Bonchev–Trinajstić information content (AvgIpc) is 2.93. The van der Waals surface area contributed by atoms with Crippen LogP contribution in [0, 0.1) is 13.8 Å². The first-order chi connectivity index (χ1) is 18.7. The number of amides is 2. The Labute approximate surface area is 232 Å². The van der Waals surface area contributed by atoms with Gasteiger partial charge >= 0.3 is 0 Å². The van der Waals surface area contributed by atoms with Gasteiger partial charge in [0, 0.05) is 13.1 Å². The summed E-state index contributed by atoms with van der Waals surface area (Å²) < 4.78 is 28.8. The number of unbranched alkanes of at least 4 members (excludes halogenated alkanes) is 1. The Kier molecular flexibility index (Phi) is 10.7. The molecule has 0 fully saturated rings. The highest BCUT2D eigenvalue weighted by atomic mass is 32.2. The molecule has 0 aliphatic rings. The van der Waals surface area contributed by atoms with Crippen molar-refractivity contribution in [1.29, 1.82) is 0 Å². The third-order valence-electron chi connectivity index (χ3n) is 6.59. The Bertz CT molecular complexity index is 1340. The zero-order chi connectivity index (χ0) is 28.4. The summed E-state index contributed by atoms with van der Waals surface area (Å²) in [4.78, 5) is 28.9. The highest BCUT2D eigenvalue weighted by Crippen LogP contribution is 2.25. The Balaban J connectivity index is 2.02. The number of carbonyl (C=O) groups excluding carboxylic acids is 2. The lowest BCUT2D eigenvalue weighted by Crippen LogP contribution is -2.52. The summed E-state index contributed by atoms with van der Waals surface area (Å²) in [7, 11) is -4.06. The number of nitrogens with zero attached hydrogens (tertiary/aromatic N) is 2. The molecule has 3 aromatic carbocycles. The predicted octanol–water partition coefficient (Wildman–Crippen LogP) is 5.22. The van der Waals surface area contributed by atoms with Crippen LogP contribution in [0.5, 0.6) is 0 Å². The second-order valence-electron chi connectivity index (χ2n) is 9.74. The van der Waals surface area contributed by atoms with Crippen molar-refractivity contribution in [3.63, 3.8) is 0 Å². The van der Waals surface area contributed by atoms with Crippen LogP contribution < -0.4 is 9.62 Å². The van der Waals surface area contributed by atoms with Crippen molar-refractivity contribution in [1.82, 2.24) is 10.2 Å². The van der Waals surface area contributed by atoms with Crippen LogP contribution in [0.4, 0.5) is 5.69 Å². The lowest BCUT2D eigenvalue weighted by Gasteiger charge is -2.33. The molecule has 0 saturated carbocycles. The molecule has 1 N–H and O–H groups in total. The molecule has 0 aromatic heterocycles. The average molecular weight is 550 g/mol. The normalized spacial score (nSPS) is 12.0. The number of rotatable bonds is 13. The lowest BCUT2D eigenvalue weighted by atomic mass is 10.1. The SMILES string of the molecule is CCCCNC(=O)C(CC)N(Cc1ccc(C)cc1)C(=O)CN(c1cccc(C)c1)S(=O)(=O)c1ccccc1. The van der Waals surface area contributed by atoms with Crippen molar-refractivity contribution in [3.8, 4) is 0 Å². The van der Waals surface area contributed by atoms with Gasteiger partial charge in [-0.2, -0.15) is 0 Å². The van der Waals surface area contributed by atoms with Crippen LogP contribution in [-0.2, 0) is 26.2 Å². The van der Waals surface area contributed by atoms with Gasteiger partial charge in [-0.15, -0.1) is 0 Å². The smallest absolute Gasteiger partial charge is 0.264 e. The van der Waals surface area contributed by atoms with E-state index >= 15 is 0 Å². The minimum atomic E-state index is -4.06. The van der Waals surface area contributed by atoms with Crippen molar-refractivity contribution in [3.05, 3.63) is 95.6 Å².